The smallest absolute Gasteiger partial charge is 0.504 e. The molecule has 0 bridgehead atoms. The van der Waals surface area contributed by atoms with E-state index in [4.69, 9.17) is 0 Å². The first-order valence-electron chi connectivity index (χ1n) is 9.01. The van der Waals surface area contributed by atoms with E-state index in [1.165, 1.54) is 12.1 Å². The molecule has 154 valence electrons. The van der Waals surface area contributed by atoms with Crippen LogP contribution < -0.4 is 4.74 Å². The molecule has 2 aliphatic rings. The molecule has 1 aromatic rings. The lowest BCUT2D eigenvalue weighted by molar-refractivity contribution is -0.275. The van der Waals surface area contributed by atoms with E-state index in [1.54, 1.807) is 0 Å². The average Bonchev–Trinajstić information content (AvgIpc) is 3.05. The molecule has 3 nitrogen and oxygen atoms in total. The Morgan fingerprint density at radius 2 is 1.93 bits per heavy atom. The Morgan fingerprint density at radius 3 is 2.57 bits per heavy atom. The van der Waals surface area contributed by atoms with E-state index in [-0.39, 0.29) is 12.2 Å². The normalized spacial score (nSPS) is 21.0. The summed E-state index contributed by atoms with van der Waals surface area (Å²) in [7, 11) is 0. The molecule has 1 heterocycles. The molecular weight excluding hydrogens is 381 g/mol. The van der Waals surface area contributed by atoms with Gasteiger partial charge in [-0.05, 0) is 56.0 Å². The molecule has 0 amide bonds. The second kappa shape index (κ2) is 7.39. The Bertz CT molecular complexity index is 813. The standard InChI is InChI=1S/C20H22F5NO2/c1-19(2,26-10-13-14(11-26)16(22)5-4-15(13)21)8-7-12-3-6-17(27)18(9-12)28-20(23,24)25/h3-4,6,9,16,27H,5,7-8,10-11H2,1-2H3. The summed E-state index contributed by atoms with van der Waals surface area (Å²) in [5.74, 6) is -1.60. The molecule has 28 heavy (non-hydrogen) atoms. The predicted molar refractivity (Wildman–Crippen MR) is 94.5 cm³/mol. The molecular formula is C20H22F5NO2. The topological polar surface area (TPSA) is 32.7 Å². The quantitative estimate of drug-likeness (QED) is 0.685. The zero-order chi connectivity index (χ0) is 20.7. The Hall–Kier alpha value is -2.09. The number of nitrogens with zero attached hydrogens (tertiary/aromatic N) is 1. The van der Waals surface area contributed by atoms with Crippen LogP contribution in [0.15, 0.2) is 41.2 Å². The lowest BCUT2D eigenvalue weighted by atomic mass is 9.93. The summed E-state index contributed by atoms with van der Waals surface area (Å²) < 4.78 is 69.3. The summed E-state index contributed by atoms with van der Waals surface area (Å²) in [6.45, 7) is 4.52. The van der Waals surface area contributed by atoms with Crippen LogP contribution in [-0.4, -0.2) is 41.2 Å². The van der Waals surface area contributed by atoms with Crippen LogP contribution in [0.25, 0.3) is 0 Å². The van der Waals surface area contributed by atoms with Gasteiger partial charge in [-0.15, -0.1) is 13.2 Å². The van der Waals surface area contributed by atoms with E-state index in [1.807, 2.05) is 18.7 Å². The third-order valence-corrected chi connectivity index (χ3v) is 5.40. The number of benzene rings is 1. The highest BCUT2D eigenvalue weighted by molar-refractivity contribution is 5.43. The van der Waals surface area contributed by atoms with E-state index in [9.17, 15) is 27.1 Å². The fourth-order valence-corrected chi connectivity index (χ4v) is 3.60. The number of aryl methyl sites for hydroxylation is 1. The van der Waals surface area contributed by atoms with E-state index in [0.717, 1.165) is 12.1 Å². The summed E-state index contributed by atoms with van der Waals surface area (Å²) in [5.41, 5.74) is 1.03. The number of aromatic hydroxyl groups is 1. The second-order valence-corrected chi connectivity index (χ2v) is 7.78. The van der Waals surface area contributed by atoms with E-state index < -0.39 is 29.6 Å². The van der Waals surface area contributed by atoms with Gasteiger partial charge >= 0.3 is 6.36 Å². The van der Waals surface area contributed by atoms with Crippen LogP contribution in [-0.2, 0) is 6.42 Å². The number of hydrogen-bond acceptors (Lipinski definition) is 3. The lowest BCUT2D eigenvalue weighted by Gasteiger charge is -2.36. The minimum Gasteiger partial charge on any atom is -0.504 e. The number of rotatable bonds is 5. The van der Waals surface area contributed by atoms with Gasteiger partial charge in [0.2, 0.25) is 0 Å². The Balaban J connectivity index is 1.66. The van der Waals surface area contributed by atoms with Crippen LogP contribution in [0.2, 0.25) is 0 Å². The largest absolute Gasteiger partial charge is 0.573 e. The SMILES string of the molecule is CC(C)(CCc1ccc(O)c(OC(F)(F)F)c1)N1CC2=C(C1)C(F)CC=C2F. The highest BCUT2D eigenvalue weighted by Crippen LogP contribution is 2.38. The number of halogens is 5. The third-order valence-electron chi connectivity index (χ3n) is 5.40. The Kier molecular flexibility index (Phi) is 5.44. The van der Waals surface area contributed by atoms with Crippen molar-refractivity contribution < 1.29 is 31.8 Å². The highest BCUT2D eigenvalue weighted by atomic mass is 19.4. The molecule has 1 unspecified atom stereocenters. The van der Waals surface area contributed by atoms with Gasteiger partial charge in [0.05, 0.1) is 0 Å². The number of alkyl halides is 4. The lowest BCUT2D eigenvalue weighted by Crippen LogP contribution is -2.43. The molecule has 1 atom stereocenters. The van der Waals surface area contributed by atoms with Crippen molar-refractivity contribution >= 4 is 0 Å². The van der Waals surface area contributed by atoms with Crippen LogP contribution in [0.3, 0.4) is 0 Å². The Labute approximate surface area is 160 Å². The van der Waals surface area contributed by atoms with Crippen molar-refractivity contribution in [3.05, 3.63) is 46.8 Å². The minimum absolute atomic E-state index is 0.0500. The van der Waals surface area contributed by atoms with Crippen molar-refractivity contribution in [2.45, 2.75) is 51.2 Å². The summed E-state index contributed by atoms with van der Waals surface area (Å²) >= 11 is 0. The van der Waals surface area contributed by atoms with Crippen molar-refractivity contribution in [3.8, 4) is 11.5 Å². The van der Waals surface area contributed by atoms with Crippen LogP contribution in [0.1, 0.15) is 32.3 Å². The number of phenols is 1. The van der Waals surface area contributed by atoms with Gasteiger partial charge < -0.3 is 9.84 Å². The molecule has 8 heteroatoms. The summed E-state index contributed by atoms with van der Waals surface area (Å²) in [6, 6.07) is 3.85. The first-order valence-corrected chi connectivity index (χ1v) is 9.01. The number of hydrogen-bond donors (Lipinski definition) is 1. The minimum atomic E-state index is -4.89. The van der Waals surface area contributed by atoms with Crippen molar-refractivity contribution in [2.75, 3.05) is 13.1 Å². The molecule has 3 rings (SSSR count). The molecule has 0 fully saturated rings. The number of allylic oxidation sites excluding steroid dienone is 1. The fourth-order valence-electron chi connectivity index (χ4n) is 3.60. The average molecular weight is 403 g/mol. The number of phenolic OH excluding ortho intramolecular Hbond substituents is 1. The molecule has 1 N–H and O–H groups in total. The molecule has 1 aliphatic carbocycles. The van der Waals surface area contributed by atoms with Gasteiger partial charge in [0.25, 0.3) is 0 Å². The summed E-state index contributed by atoms with van der Waals surface area (Å²) in [6.07, 6.45) is -3.77. The fraction of sp³-hybridized carbons (Fsp3) is 0.500. The van der Waals surface area contributed by atoms with Gasteiger partial charge in [0.15, 0.2) is 11.5 Å². The van der Waals surface area contributed by atoms with Gasteiger partial charge in [-0.1, -0.05) is 6.07 Å². The van der Waals surface area contributed by atoms with Gasteiger partial charge in [0, 0.05) is 30.6 Å². The van der Waals surface area contributed by atoms with Crippen molar-refractivity contribution in [2.24, 2.45) is 0 Å². The summed E-state index contributed by atoms with van der Waals surface area (Å²) in [4.78, 5) is 1.98. The first-order chi connectivity index (χ1) is 13.0. The van der Waals surface area contributed by atoms with Crippen LogP contribution >= 0.6 is 0 Å². The van der Waals surface area contributed by atoms with E-state index in [2.05, 4.69) is 4.74 Å². The molecule has 0 aromatic heterocycles. The highest BCUT2D eigenvalue weighted by Gasteiger charge is 2.38. The second-order valence-electron chi connectivity index (χ2n) is 7.78. The Morgan fingerprint density at radius 1 is 1.21 bits per heavy atom. The van der Waals surface area contributed by atoms with E-state index in [0.29, 0.717) is 42.6 Å². The van der Waals surface area contributed by atoms with Gasteiger partial charge in [-0.2, -0.15) is 0 Å². The molecule has 0 saturated carbocycles. The predicted octanol–water partition coefficient (Wildman–Crippen LogP) is 5.21. The first kappa shape index (κ1) is 20.6. The zero-order valence-electron chi connectivity index (χ0n) is 15.6. The van der Waals surface area contributed by atoms with Crippen molar-refractivity contribution in [1.29, 1.82) is 0 Å². The molecule has 0 spiro atoms. The maximum absolute atomic E-state index is 14.1. The molecule has 1 aliphatic heterocycles. The van der Waals surface area contributed by atoms with E-state index >= 15 is 0 Å². The maximum atomic E-state index is 14.1. The zero-order valence-corrected chi connectivity index (χ0v) is 15.6. The van der Waals surface area contributed by atoms with Gasteiger partial charge in [0.1, 0.15) is 12.0 Å². The summed E-state index contributed by atoms with van der Waals surface area (Å²) in [5, 5.41) is 9.55. The van der Waals surface area contributed by atoms with Crippen LogP contribution in [0.4, 0.5) is 22.0 Å². The van der Waals surface area contributed by atoms with Gasteiger partial charge in [-0.3, -0.25) is 4.90 Å². The number of ether oxygens (including phenoxy) is 1. The molecule has 0 saturated heterocycles. The molecule has 0 radical (unpaired) electrons. The monoisotopic (exact) mass is 403 g/mol. The maximum Gasteiger partial charge on any atom is 0.573 e. The molecule has 1 aromatic carbocycles. The van der Waals surface area contributed by atoms with Crippen molar-refractivity contribution in [3.63, 3.8) is 0 Å². The van der Waals surface area contributed by atoms with Gasteiger partial charge in [-0.25, -0.2) is 8.78 Å². The third kappa shape index (κ3) is 4.48. The van der Waals surface area contributed by atoms with Crippen LogP contribution in [0.5, 0.6) is 11.5 Å². The van der Waals surface area contributed by atoms with Crippen molar-refractivity contribution in [1.82, 2.24) is 4.90 Å². The van der Waals surface area contributed by atoms with Crippen LogP contribution in [0, 0.1) is 0 Å².